The van der Waals surface area contributed by atoms with Crippen molar-refractivity contribution in [1.29, 1.82) is 0 Å². The third kappa shape index (κ3) is 2.28. The van der Waals surface area contributed by atoms with Crippen LogP contribution in [0, 0.1) is 0 Å². The predicted octanol–water partition coefficient (Wildman–Crippen LogP) is 3.07. The van der Waals surface area contributed by atoms with Gasteiger partial charge in [-0.05, 0) is 19.1 Å². The van der Waals surface area contributed by atoms with Crippen molar-refractivity contribution in [2.45, 2.75) is 38.5 Å². The number of aliphatic hydroxyl groups is 1. The molecule has 6 nitrogen and oxygen atoms in total. The molecule has 25 heavy (non-hydrogen) atoms. The molecule has 2 saturated heterocycles. The van der Waals surface area contributed by atoms with Crippen LogP contribution in [0.3, 0.4) is 0 Å². The van der Waals surface area contributed by atoms with E-state index in [9.17, 15) is 5.11 Å². The number of piperidine rings is 1. The van der Waals surface area contributed by atoms with Crippen LogP contribution in [0.25, 0.3) is 16.6 Å². The Morgan fingerprint density at radius 3 is 2.64 bits per heavy atom. The molecule has 5 rings (SSSR count). The van der Waals surface area contributed by atoms with Crippen molar-refractivity contribution >= 4 is 22.3 Å². The van der Waals surface area contributed by atoms with E-state index in [-0.39, 0.29) is 5.79 Å². The molecule has 3 aliphatic heterocycles. The van der Waals surface area contributed by atoms with Crippen molar-refractivity contribution in [3.63, 3.8) is 0 Å². The van der Waals surface area contributed by atoms with Crippen LogP contribution in [-0.4, -0.2) is 46.7 Å². The molecule has 0 saturated carbocycles. The van der Waals surface area contributed by atoms with Crippen molar-refractivity contribution in [3.05, 3.63) is 29.8 Å². The van der Waals surface area contributed by atoms with Gasteiger partial charge >= 0.3 is 0 Å². The largest absolute Gasteiger partial charge is 0.512 e. The minimum atomic E-state index is -0.358. The highest BCUT2D eigenvalue weighted by atomic mass is 16.7. The fourth-order valence-electron chi connectivity index (χ4n) is 4.31. The lowest BCUT2D eigenvalue weighted by Crippen LogP contribution is -2.45. The number of nitrogens with zero attached hydrogens (tertiary/aromatic N) is 3. The third-order valence-corrected chi connectivity index (χ3v) is 5.78. The number of fused-ring (bicyclic) bond motifs is 3. The van der Waals surface area contributed by atoms with Crippen LogP contribution in [0.4, 0.5) is 5.69 Å². The highest BCUT2D eigenvalue weighted by Crippen LogP contribution is 2.37. The zero-order chi connectivity index (χ0) is 17.0. The molecule has 0 unspecified atom stereocenters. The average Bonchev–Trinajstić information content (AvgIpc) is 3.24. The van der Waals surface area contributed by atoms with E-state index in [2.05, 4.69) is 27.7 Å². The first-order valence-corrected chi connectivity index (χ1v) is 9.08. The highest BCUT2D eigenvalue weighted by Gasteiger charge is 2.40. The minimum absolute atomic E-state index is 0.358. The summed E-state index contributed by atoms with van der Waals surface area (Å²) in [6.45, 7) is 5.95. The maximum atomic E-state index is 10.1. The summed E-state index contributed by atoms with van der Waals surface area (Å²) >= 11 is 0. The minimum Gasteiger partial charge on any atom is -0.512 e. The van der Waals surface area contributed by atoms with Gasteiger partial charge in [0, 0.05) is 44.5 Å². The molecule has 1 aromatic heterocycles. The van der Waals surface area contributed by atoms with Crippen molar-refractivity contribution in [2.75, 3.05) is 31.2 Å². The van der Waals surface area contributed by atoms with E-state index in [1.54, 1.807) is 0 Å². The van der Waals surface area contributed by atoms with Crippen LogP contribution in [0.1, 0.15) is 32.0 Å². The van der Waals surface area contributed by atoms with Gasteiger partial charge in [0.15, 0.2) is 5.79 Å². The van der Waals surface area contributed by atoms with Gasteiger partial charge in [-0.2, -0.15) is 0 Å². The van der Waals surface area contributed by atoms with Crippen LogP contribution in [0.5, 0.6) is 0 Å². The van der Waals surface area contributed by atoms with E-state index in [4.69, 9.17) is 14.5 Å². The van der Waals surface area contributed by atoms with Crippen molar-refractivity contribution in [2.24, 2.45) is 0 Å². The maximum Gasteiger partial charge on any atom is 0.171 e. The second kappa shape index (κ2) is 5.47. The highest BCUT2D eigenvalue weighted by molar-refractivity contribution is 5.91. The van der Waals surface area contributed by atoms with E-state index in [0.717, 1.165) is 54.9 Å². The van der Waals surface area contributed by atoms with Gasteiger partial charge in [-0.1, -0.05) is 6.07 Å². The quantitative estimate of drug-likeness (QED) is 0.864. The summed E-state index contributed by atoms with van der Waals surface area (Å²) < 4.78 is 13.9. The zero-order valence-corrected chi connectivity index (χ0v) is 14.5. The second-order valence-corrected chi connectivity index (χ2v) is 7.15. The number of hydrogen-bond acceptors (Lipinski definition) is 5. The van der Waals surface area contributed by atoms with Gasteiger partial charge in [0.1, 0.15) is 17.1 Å². The molecule has 0 aliphatic carbocycles. The smallest absolute Gasteiger partial charge is 0.171 e. The fourth-order valence-corrected chi connectivity index (χ4v) is 4.31. The SMILES string of the molecule is CC1=C(O)CCn2c1nc1c(N3CCC4(CC3)OCCO4)cccc12. The summed E-state index contributed by atoms with van der Waals surface area (Å²) in [5.41, 5.74) is 4.22. The number of aromatic nitrogens is 2. The number of aryl methyl sites for hydroxylation is 1. The molecule has 0 atom stereocenters. The van der Waals surface area contributed by atoms with Gasteiger partial charge in [-0.3, -0.25) is 0 Å². The Bertz CT molecular complexity index is 854. The number of benzene rings is 1. The number of ether oxygens (including phenoxy) is 2. The van der Waals surface area contributed by atoms with Gasteiger partial charge in [0.2, 0.25) is 0 Å². The number of allylic oxidation sites excluding steroid dienone is 2. The average molecular weight is 341 g/mol. The monoisotopic (exact) mass is 341 g/mol. The molecule has 4 heterocycles. The normalized spacial score (nSPS) is 22.8. The van der Waals surface area contributed by atoms with Gasteiger partial charge in [-0.15, -0.1) is 0 Å². The summed E-state index contributed by atoms with van der Waals surface area (Å²) in [7, 11) is 0. The Kier molecular flexibility index (Phi) is 3.33. The Morgan fingerprint density at radius 2 is 1.88 bits per heavy atom. The summed E-state index contributed by atoms with van der Waals surface area (Å²) in [6, 6.07) is 6.38. The molecular weight excluding hydrogens is 318 g/mol. The molecule has 1 aromatic carbocycles. The molecular formula is C19H23N3O3. The Hall–Kier alpha value is -2.05. The molecule has 1 N–H and O–H groups in total. The molecule has 0 radical (unpaired) electrons. The first-order chi connectivity index (χ1) is 12.2. The second-order valence-electron chi connectivity index (χ2n) is 7.15. The van der Waals surface area contributed by atoms with Crippen LogP contribution in [0.15, 0.2) is 24.0 Å². The van der Waals surface area contributed by atoms with E-state index >= 15 is 0 Å². The Labute approximate surface area is 146 Å². The number of hydrogen-bond donors (Lipinski definition) is 1. The Balaban J connectivity index is 1.52. The van der Waals surface area contributed by atoms with Gasteiger partial charge in [0.05, 0.1) is 24.4 Å². The molecule has 0 amide bonds. The fraction of sp³-hybridized carbons (Fsp3) is 0.526. The molecule has 1 spiro atoms. The van der Waals surface area contributed by atoms with Crippen LogP contribution in [-0.2, 0) is 16.0 Å². The lowest BCUT2D eigenvalue weighted by atomic mass is 10.0. The van der Waals surface area contributed by atoms with E-state index in [1.807, 2.05) is 6.92 Å². The first kappa shape index (κ1) is 15.2. The topological polar surface area (TPSA) is 59.8 Å². The third-order valence-electron chi connectivity index (χ3n) is 5.78. The van der Waals surface area contributed by atoms with Gasteiger partial charge in [0.25, 0.3) is 0 Å². The van der Waals surface area contributed by atoms with Crippen LogP contribution >= 0.6 is 0 Å². The lowest BCUT2D eigenvalue weighted by molar-refractivity contribution is -0.169. The Morgan fingerprint density at radius 1 is 1.12 bits per heavy atom. The molecule has 3 aliphatic rings. The molecule has 132 valence electrons. The molecule has 6 heteroatoms. The number of anilines is 1. The number of imidazole rings is 1. The number of aliphatic hydroxyl groups excluding tert-OH is 1. The molecule has 2 fully saturated rings. The molecule has 0 bridgehead atoms. The first-order valence-electron chi connectivity index (χ1n) is 9.08. The van der Waals surface area contributed by atoms with E-state index in [1.165, 1.54) is 5.69 Å². The lowest BCUT2D eigenvalue weighted by Gasteiger charge is -2.38. The van der Waals surface area contributed by atoms with E-state index < -0.39 is 0 Å². The van der Waals surface area contributed by atoms with Crippen molar-refractivity contribution in [1.82, 2.24) is 9.55 Å². The van der Waals surface area contributed by atoms with Gasteiger partial charge in [-0.25, -0.2) is 4.98 Å². The number of para-hydroxylation sites is 1. The summed E-state index contributed by atoms with van der Waals surface area (Å²) in [6.07, 6.45) is 2.45. The van der Waals surface area contributed by atoms with Crippen LogP contribution < -0.4 is 4.90 Å². The zero-order valence-electron chi connectivity index (χ0n) is 14.5. The van der Waals surface area contributed by atoms with Crippen molar-refractivity contribution < 1.29 is 14.6 Å². The molecule has 2 aromatic rings. The summed E-state index contributed by atoms with van der Waals surface area (Å²) in [4.78, 5) is 7.28. The van der Waals surface area contributed by atoms with E-state index in [0.29, 0.717) is 25.4 Å². The maximum absolute atomic E-state index is 10.1. The summed E-state index contributed by atoms with van der Waals surface area (Å²) in [5.74, 6) is 0.991. The summed E-state index contributed by atoms with van der Waals surface area (Å²) in [5, 5.41) is 10.1. The van der Waals surface area contributed by atoms with Gasteiger partial charge < -0.3 is 24.0 Å². The van der Waals surface area contributed by atoms with Crippen molar-refractivity contribution in [3.8, 4) is 0 Å². The standard InChI is InChI=1S/C19H23N3O3/c1-13-16(23)5-8-22-15-4-2-3-14(17(15)20-18(13)22)21-9-6-19(7-10-21)24-11-12-25-19/h2-4,23H,5-12H2,1H3. The van der Waals surface area contributed by atoms with Crippen LogP contribution in [0.2, 0.25) is 0 Å². The predicted molar refractivity (Wildman–Crippen MR) is 95.7 cm³/mol. The number of rotatable bonds is 1.